The molecule has 0 atom stereocenters. The molecule has 3 rings (SSSR count). The van der Waals surface area contributed by atoms with Crippen LogP contribution in [-0.2, 0) is 4.74 Å². The number of amides is 1. The first-order valence-corrected chi connectivity index (χ1v) is 8.52. The third-order valence-corrected chi connectivity index (χ3v) is 4.41. The lowest BCUT2D eigenvalue weighted by molar-refractivity contribution is 0.102. The van der Waals surface area contributed by atoms with Crippen molar-refractivity contribution in [2.75, 3.05) is 50.7 Å². The van der Waals surface area contributed by atoms with Crippen LogP contribution in [0.4, 0.5) is 11.4 Å². The molecule has 1 saturated heterocycles. The second-order valence-electron chi connectivity index (χ2n) is 5.62. The van der Waals surface area contributed by atoms with Crippen LogP contribution in [-0.4, -0.2) is 51.4 Å². The van der Waals surface area contributed by atoms with E-state index >= 15 is 0 Å². The van der Waals surface area contributed by atoms with Crippen molar-refractivity contribution in [3.8, 4) is 11.5 Å². The Morgan fingerprint density at radius 2 is 1.92 bits per heavy atom. The third kappa shape index (κ3) is 3.84. The van der Waals surface area contributed by atoms with Gasteiger partial charge in [0.25, 0.3) is 5.91 Å². The van der Waals surface area contributed by atoms with Crippen molar-refractivity contribution in [3.05, 3.63) is 41.2 Å². The fourth-order valence-electron chi connectivity index (χ4n) is 2.78. The summed E-state index contributed by atoms with van der Waals surface area (Å²) in [6.07, 6.45) is 1.54. The van der Waals surface area contributed by atoms with Crippen LogP contribution in [0.25, 0.3) is 0 Å². The summed E-state index contributed by atoms with van der Waals surface area (Å²) in [6.45, 7) is 2.67. The van der Waals surface area contributed by atoms with Gasteiger partial charge in [0, 0.05) is 31.4 Å². The zero-order chi connectivity index (χ0) is 18.5. The Balaban J connectivity index is 1.98. The second kappa shape index (κ2) is 8.25. The van der Waals surface area contributed by atoms with E-state index in [2.05, 4.69) is 15.2 Å². The normalized spacial score (nSPS) is 14.0. The molecule has 0 unspecified atom stereocenters. The van der Waals surface area contributed by atoms with Gasteiger partial charge in [-0.2, -0.15) is 0 Å². The van der Waals surface area contributed by atoms with Crippen molar-refractivity contribution in [1.29, 1.82) is 0 Å². The molecule has 0 spiro atoms. The van der Waals surface area contributed by atoms with Crippen molar-refractivity contribution in [1.82, 2.24) is 4.98 Å². The number of pyridine rings is 1. The van der Waals surface area contributed by atoms with Crippen LogP contribution in [0.5, 0.6) is 11.5 Å². The zero-order valence-corrected chi connectivity index (χ0v) is 15.4. The van der Waals surface area contributed by atoms with Crippen LogP contribution in [0.2, 0.25) is 5.15 Å². The van der Waals surface area contributed by atoms with Gasteiger partial charge in [0.05, 0.1) is 44.4 Å². The highest BCUT2D eigenvalue weighted by atomic mass is 35.5. The maximum Gasteiger partial charge on any atom is 0.258 e. The van der Waals surface area contributed by atoms with E-state index in [1.807, 2.05) is 6.07 Å². The summed E-state index contributed by atoms with van der Waals surface area (Å²) in [7, 11) is 3.13. The maximum atomic E-state index is 12.7. The first-order chi connectivity index (χ1) is 12.6. The van der Waals surface area contributed by atoms with E-state index in [0.717, 1.165) is 5.69 Å². The molecule has 138 valence electrons. The Bertz CT molecular complexity index is 794. The number of methoxy groups -OCH3 is 2. The summed E-state index contributed by atoms with van der Waals surface area (Å²) in [6, 6.07) is 6.88. The van der Waals surface area contributed by atoms with Gasteiger partial charge < -0.3 is 24.4 Å². The number of carbonyl (C=O) groups excluding carboxylic acids is 1. The van der Waals surface area contributed by atoms with Crippen LogP contribution in [0.3, 0.4) is 0 Å². The van der Waals surface area contributed by atoms with Gasteiger partial charge in [-0.3, -0.25) is 4.79 Å². The number of benzene rings is 1. The van der Waals surface area contributed by atoms with Crippen LogP contribution >= 0.6 is 11.6 Å². The highest BCUT2D eigenvalue weighted by Gasteiger charge is 2.21. The molecular formula is C18H20ClN3O4. The minimum Gasteiger partial charge on any atom is -0.493 e. The molecule has 0 bridgehead atoms. The van der Waals surface area contributed by atoms with Crippen molar-refractivity contribution in [2.45, 2.75) is 0 Å². The summed E-state index contributed by atoms with van der Waals surface area (Å²) in [5.74, 6) is 0.772. The van der Waals surface area contributed by atoms with Crippen molar-refractivity contribution >= 4 is 28.9 Å². The molecule has 1 N–H and O–H groups in total. The molecule has 0 aliphatic carbocycles. The number of morpholine rings is 1. The van der Waals surface area contributed by atoms with E-state index in [1.165, 1.54) is 6.20 Å². The summed E-state index contributed by atoms with van der Waals surface area (Å²) in [4.78, 5) is 18.8. The highest BCUT2D eigenvalue weighted by Crippen LogP contribution is 2.39. The molecule has 0 radical (unpaired) electrons. The van der Waals surface area contributed by atoms with Crippen molar-refractivity contribution in [2.24, 2.45) is 0 Å². The van der Waals surface area contributed by atoms with Gasteiger partial charge in [0.15, 0.2) is 11.5 Å². The van der Waals surface area contributed by atoms with Crippen LogP contribution in [0, 0.1) is 0 Å². The predicted octanol–water partition coefficient (Wildman–Crippen LogP) is 2.84. The molecule has 1 fully saturated rings. The summed E-state index contributed by atoms with van der Waals surface area (Å²) < 4.78 is 16.2. The predicted molar refractivity (Wildman–Crippen MR) is 99.8 cm³/mol. The molecule has 1 aromatic carbocycles. The van der Waals surface area contributed by atoms with Gasteiger partial charge in [0.2, 0.25) is 0 Å². The topological polar surface area (TPSA) is 72.9 Å². The smallest absolute Gasteiger partial charge is 0.258 e. The van der Waals surface area contributed by atoms with Gasteiger partial charge >= 0.3 is 0 Å². The van der Waals surface area contributed by atoms with Crippen LogP contribution in [0.1, 0.15) is 10.4 Å². The standard InChI is InChI=1S/C18H20ClN3O4/c1-24-15-10-13(21-18(23)12-4-3-5-20-17(12)19)14(11-16(15)25-2)22-6-8-26-9-7-22/h3-5,10-11H,6-9H2,1-2H3,(H,21,23). The SMILES string of the molecule is COc1cc(NC(=O)c2cccnc2Cl)c(N2CCOCC2)cc1OC. The third-order valence-electron chi connectivity index (χ3n) is 4.11. The lowest BCUT2D eigenvalue weighted by Crippen LogP contribution is -2.36. The summed E-state index contributed by atoms with van der Waals surface area (Å²) >= 11 is 6.04. The quantitative estimate of drug-likeness (QED) is 0.808. The molecular weight excluding hydrogens is 358 g/mol. The number of nitrogens with one attached hydrogen (secondary N) is 1. The monoisotopic (exact) mass is 377 g/mol. The molecule has 2 aromatic rings. The number of anilines is 2. The van der Waals surface area contributed by atoms with Crippen LogP contribution in [0.15, 0.2) is 30.5 Å². The number of aromatic nitrogens is 1. The molecule has 2 heterocycles. The van der Waals surface area contributed by atoms with E-state index in [9.17, 15) is 4.79 Å². The Morgan fingerprint density at radius 1 is 1.23 bits per heavy atom. The van der Waals surface area contributed by atoms with Gasteiger partial charge in [-0.1, -0.05) is 11.6 Å². The second-order valence-corrected chi connectivity index (χ2v) is 5.98. The molecule has 1 aliphatic rings. The zero-order valence-electron chi connectivity index (χ0n) is 14.6. The number of nitrogens with zero attached hydrogens (tertiary/aromatic N) is 2. The van der Waals surface area contributed by atoms with Crippen molar-refractivity contribution in [3.63, 3.8) is 0 Å². The average molecular weight is 378 g/mol. The number of carbonyl (C=O) groups is 1. The lowest BCUT2D eigenvalue weighted by Gasteiger charge is -2.31. The Labute approximate surface area is 156 Å². The largest absolute Gasteiger partial charge is 0.493 e. The van der Waals surface area contributed by atoms with Gasteiger partial charge in [-0.05, 0) is 12.1 Å². The fraction of sp³-hybridized carbons (Fsp3) is 0.333. The molecule has 1 aromatic heterocycles. The maximum absolute atomic E-state index is 12.7. The Morgan fingerprint density at radius 3 is 2.58 bits per heavy atom. The molecule has 1 aliphatic heterocycles. The van der Waals surface area contributed by atoms with E-state index in [-0.39, 0.29) is 11.1 Å². The highest BCUT2D eigenvalue weighted by molar-refractivity contribution is 6.33. The average Bonchev–Trinajstić information content (AvgIpc) is 2.68. The van der Waals surface area contributed by atoms with E-state index in [4.69, 9.17) is 25.8 Å². The molecule has 26 heavy (non-hydrogen) atoms. The number of halogens is 1. The first kappa shape index (κ1) is 18.3. The summed E-state index contributed by atoms with van der Waals surface area (Å²) in [5.41, 5.74) is 1.74. The van der Waals surface area contributed by atoms with E-state index in [0.29, 0.717) is 49.1 Å². The van der Waals surface area contributed by atoms with Gasteiger partial charge in [-0.15, -0.1) is 0 Å². The Kier molecular flexibility index (Phi) is 5.80. The Hall–Kier alpha value is -2.51. The lowest BCUT2D eigenvalue weighted by atomic mass is 10.2. The summed E-state index contributed by atoms with van der Waals surface area (Å²) in [5, 5.41) is 3.06. The molecule has 7 nitrogen and oxygen atoms in total. The number of hydrogen-bond acceptors (Lipinski definition) is 6. The first-order valence-electron chi connectivity index (χ1n) is 8.14. The molecule has 8 heteroatoms. The fourth-order valence-corrected chi connectivity index (χ4v) is 2.98. The van der Waals surface area contributed by atoms with E-state index in [1.54, 1.807) is 32.4 Å². The number of hydrogen-bond donors (Lipinski definition) is 1. The number of ether oxygens (including phenoxy) is 3. The minimum absolute atomic E-state index is 0.151. The van der Waals surface area contributed by atoms with E-state index < -0.39 is 0 Å². The molecule has 0 saturated carbocycles. The number of rotatable bonds is 5. The van der Waals surface area contributed by atoms with Crippen LogP contribution < -0.4 is 19.7 Å². The minimum atomic E-state index is -0.343. The molecule has 1 amide bonds. The van der Waals surface area contributed by atoms with Crippen molar-refractivity contribution < 1.29 is 19.0 Å². The van der Waals surface area contributed by atoms with Gasteiger partial charge in [0.1, 0.15) is 5.15 Å². The van der Waals surface area contributed by atoms with Gasteiger partial charge in [-0.25, -0.2) is 4.98 Å².